The maximum atomic E-state index is 12.7. The molecule has 0 aliphatic carbocycles. The lowest BCUT2D eigenvalue weighted by atomic mass is 10.0. The first-order valence-electron chi connectivity index (χ1n) is 10.5. The van der Waals surface area contributed by atoms with Crippen LogP contribution in [0.5, 0.6) is 0 Å². The Labute approximate surface area is 174 Å². The fourth-order valence-electron chi connectivity index (χ4n) is 3.74. The van der Waals surface area contributed by atoms with Crippen molar-refractivity contribution in [1.82, 2.24) is 9.21 Å². The van der Waals surface area contributed by atoms with E-state index in [0.717, 1.165) is 49.9 Å². The summed E-state index contributed by atoms with van der Waals surface area (Å²) in [5, 5.41) is 0. The van der Waals surface area contributed by atoms with Crippen molar-refractivity contribution in [3.63, 3.8) is 0 Å². The summed E-state index contributed by atoms with van der Waals surface area (Å²) in [4.78, 5) is 14.9. The fraction of sp³-hybridized carbons (Fsp3) is 0.435. The highest BCUT2D eigenvalue weighted by molar-refractivity contribution is 7.89. The summed E-state index contributed by atoms with van der Waals surface area (Å²) >= 11 is 0. The van der Waals surface area contributed by atoms with Crippen LogP contribution in [-0.2, 0) is 10.0 Å². The van der Waals surface area contributed by atoms with Crippen LogP contribution < -0.4 is 0 Å². The fourth-order valence-corrected chi connectivity index (χ4v) is 5.26. The van der Waals surface area contributed by atoms with Crippen LogP contribution in [0.4, 0.5) is 0 Å². The molecule has 1 saturated heterocycles. The molecule has 29 heavy (non-hydrogen) atoms. The minimum absolute atomic E-state index is 0.0623. The van der Waals surface area contributed by atoms with E-state index < -0.39 is 10.0 Å². The molecule has 1 aliphatic rings. The summed E-state index contributed by atoms with van der Waals surface area (Å²) in [6.45, 7) is 6.89. The van der Waals surface area contributed by atoms with Gasteiger partial charge >= 0.3 is 0 Å². The Bertz CT molecular complexity index is 910. The van der Waals surface area contributed by atoms with E-state index in [9.17, 15) is 13.2 Å². The van der Waals surface area contributed by atoms with Crippen molar-refractivity contribution in [3.05, 3.63) is 54.1 Å². The summed E-state index contributed by atoms with van der Waals surface area (Å²) < 4.78 is 26.9. The van der Waals surface area contributed by atoms with E-state index in [0.29, 0.717) is 23.5 Å². The van der Waals surface area contributed by atoms with E-state index in [-0.39, 0.29) is 5.91 Å². The van der Waals surface area contributed by atoms with Crippen molar-refractivity contribution in [2.75, 3.05) is 26.2 Å². The van der Waals surface area contributed by atoms with E-state index in [1.54, 1.807) is 16.4 Å². The molecule has 6 heteroatoms. The van der Waals surface area contributed by atoms with Crippen molar-refractivity contribution < 1.29 is 13.2 Å². The predicted molar refractivity (Wildman–Crippen MR) is 116 cm³/mol. The van der Waals surface area contributed by atoms with Gasteiger partial charge in [-0.05, 0) is 61.1 Å². The van der Waals surface area contributed by atoms with Crippen LogP contribution in [-0.4, -0.2) is 49.7 Å². The lowest BCUT2D eigenvalue weighted by molar-refractivity contribution is 0.0755. The summed E-state index contributed by atoms with van der Waals surface area (Å²) in [6, 6.07) is 14.6. The molecule has 5 nitrogen and oxygen atoms in total. The molecule has 0 spiro atoms. The number of hydrogen-bond acceptors (Lipinski definition) is 3. The van der Waals surface area contributed by atoms with Crippen molar-refractivity contribution in [1.29, 1.82) is 0 Å². The van der Waals surface area contributed by atoms with Crippen LogP contribution in [0.2, 0.25) is 0 Å². The Morgan fingerprint density at radius 2 is 1.34 bits per heavy atom. The SMILES string of the molecule is CCCN(CCC)C(=O)c1ccc(-c2ccc(S(=O)(=O)N3CCCC3)cc2)cc1. The maximum Gasteiger partial charge on any atom is 0.253 e. The van der Waals surface area contributed by atoms with Gasteiger partial charge in [0.05, 0.1) is 4.90 Å². The molecule has 156 valence electrons. The first kappa shape index (κ1) is 21.5. The molecule has 0 aromatic heterocycles. The molecular weight excluding hydrogens is 384 g/mol. The lowest BCUT2D eigenvalue weighted by Gasteiger charge is -2.21. The third-order valence-electron chi connectivity index (χ3n) is 5.30. The van der Waals surface area contributed by atoms with Crippen molar-refractivity contribution in [2.45, 2.75) is 44.4 Å². The van der Waals surface area contributed by atoms with Gasteiger partial charge in [-0.15, -0.1) is 0 Å². The second-order valence-corrected chi connectivity index (χ2v) is 9.44. The highest BCUT2D eigenvalue weighted by Gasteiger charge is 2.26. The predicted octanol–water partition coefficient (Wildman–Crippen LogP) is 4.40. The zero-order chi connectivity index (χ0) is 20.9. The molecule has 0 radical (unpaired) electrons. The topological polar surface area (TPSA) is 57.7 Å². The third kappa shape index (κ3) is 4.87. The van der Waals surface area contributed by atoms with Crippen molar-refractivity contribution >= 4 is 15.9 Å². The van der Waals surface area contributed by atoms with Crippen LogP contribution in [0.15, 0.2) is 53.4 Å². The second kappa shape index (κ2) is 9.55. The van der Waals surface area contributed by atoms with E-state index >= 15 is 0 Å². The van der Waals surface area contributed by atoms with E-state index in [4.69, 9.17) is 0 Å². The summed E-state index contributed by atoms with van der Waals surface area (Å²) in [7, 11) is -3.39. The summed E-state index contributed by atoms with van der Waals surface area (Å²) in [5.74, 6) is 0.0623. The van der Waals surface area contributed by atoms with Gasteiger partial charge in [-0.3, -0.25) is 4.79 Å². The zero-order valence-electron chi connectivity index (χ0n) is 17.3. The Kier molecular flexibility index (Phi) is 7.09. The third-order valence-corrected chi connectivity index (χ3v) is 7.21. The smallest absolute Gasteiger partial charge is 0.253 e. The van der Waals surface area contributed by atoms with Crippen molar-refractivity contribution in [3.8, 4) is 11.1 Å². The standard InChI is InChI=1S/C23H30N2O3S/c1-3-15-24(16-4-2)23(26)21-9-7-19(8-10-21)20-11-13-22(14-12-20)29(27,28)25-17-5-6-18-25/h7-14H,3-6,15-18H2,1-2H3. The van der Waals surface area contributed by atoms with Gasteiger partial charge in [0, 0.05) is 31.7 Å². The highest BCUT2D eigenvalue weighted by Crippen LogP contribution is 2.25. The van der Waals surface area contributed by atoms with Gasteiger partial charge in [0.2, 0.25) is 10.0 Å². The first-order valence-corrected chi connectivity index (χ1v) is 11.9. The number of carbonyl (C=O) groups is 1. The molecule has 0 atom stereocenters. The molecule has 0 saturated carbocycles. The van der Waals surface area contributed by atoms with Gasteiger partial charge in [-0.25, -0.2) is 8.42 Å². The van der Waals surface area contributed by atoms with Crippen LogP contribution in [0.25, 0.3) is 11.1 Å². The van der Waals surface area contributed by atoms with Gasteiger partial charge in [0.15, 0.2) is 0 Å². The van der Waals surface area contributed by atoms with Gasteiger partial charge < -0.3 is 4.90 Å². The number of benzene rings is 2. The summed E-state index contributed by atoms with van der Waals surface area (Å²) in [6.07, 6.45) is 3.74. The Hall–Kier alpha value is -2.18. The monoisotopic (exact) mass is 414 g/mol. The molecule has 1 aliphatic heterocycles. The molecule has 1 amide bonds. The number of nitrogens with zero attached hydrogens (tertiary/aromatic N) is 2. The van der Waals surface area contributed by atoms with Crippen LogP contribution in [0, 0.1) is 0 Å². The number of hydrogen-bond donors (Lipinski definition) is 0. The number of sulfonamides is 1. The molecular formula is C23H30N2O3S. The first-order chi connectivity index (χ1) is 14.0. The van der Waals surface area contributed by atoms with Gasteiger partial charge in [0.25, 0.3) is 5.91 Å². The molecule has 0 bridgehead atoms. The summed E-state index contributed by atoms with van der Waals surface area (Å²) in [5.41, 5.74) is 2.58. The number of amides is 1. The average molecular weight is 415 g/mol. The molecule has 2 aromatic rings. The minimum atomic E-state index is -3.39. The van der Waals surface area contributed by atoms with Crippen LogP contribution >= 0.6 is 0 Å². The zero-order valence-corrected chi connectivity index (χ0v) is 18.1. The van der Waals surface area contributed by atoms with Crippen LogP contribution in [0.3, 0.4) is 0 Å². The molecule has 2 aromatic carbocycles. The average Bonchev–Trinajstić information content (AvgIpc) is 3.29. The molecule has 1 fully saturated rings. The number of carbonyl (C=O) groups excluding carboxylic acids is 1. The Morgan fingerprint density at radius 1 is 0.862 bits per heavy atom. The van der Waals surface area contributed by atoms with E-state index in [1.165, 1.54) is 0 Å². The molecule has 0 N–H and O–H groups in total. The lowest BCUT2D eigenvalue weighted by Crippen LogP contribution is -2.32. The minimum Gasteiger partial charge on any atom is -0.339 e. The van der Waals surface area contributed by atoms with Gasteiger partial charge in [0.1, 0.15) is 0 Å². The Morgan fingerprint density at radius 3 is 1.83 bits per heavy atom. The Balaban J connectivity index is 1.75. The van der Waals surface area contributed by atoms with E-state index in [2.05, 4.69) is 13.8 Å². The van der Waals surface area contributed by atoms with Crippen molar-refractivity contribution in [2.24, 2.45) is 0 Å². The largest absolute Gasteiger partial charge is 0.339 e. The normalized spacial score (nSPS) is 14.8. The molecule has 1 heterocycles. The van der Waals surface area contributed by atoms with Gasteiger partial charge in [-0.1, -0.05) is 38.1 Å². The van der Waals surface area contributed by atoms with Crippen LogP contribution in [0.1, 0.15) is 49.9 Å². The van der Waals surface area contributed by atoms with E-state index in [1.807, 2.05) is 41.3 Å². The van der Waals surface area contributed by atoms with Gasteiger partial charge in [-0.2, -0.15) is 4.31 Å². The molecule has 0 unspecified atom stereocenters. The second-order valence-electron chi connectivity index (χ2n) is 7.51. The quantitative estimate of drug-likeness (QED) is 0.643. The molecule has 3 rings (SSSR count). The highest BCUT2D eigenvalue weighted by atomic mass is 32.2. The number of rotatable bonds is 8. The maximum absolute atomic E-state index is 12.7.